The molecular weight excluding hydrogens is 263 g/mol. The Morgan fingerprint density at radius 3 is 2.83 bits per heavy atom. The van der Waals surface area contributed by atoms with E-state index in [1.165, 1.54) is 0 Å². The zero-order chi connectivity index (χ0) is 13.3. The lowest BCUT2D eigenvalue weighted by molar-refractivity contribution is -0.0676. The van der Waals surface area contributed by atoms with Gasteiger partial charge < -0.3 is 14.9 Å². The Morgan fingerprint density at radius 2 is 2.33 bits per heavy atom. The molecule has 2 heterocycles. The van der Waals surface area contributed by atoms with Gasteiger partial charge in [-0.2, -0.15) is 0 Å². The normalized spacial score (nSPS) is 31.9. The van der Waals surface area contributed by atoms with Crippen LogP contribution in [0, 0.1) is 0 Å². The van der Waals surface area contributed by atoms with Gasteiger partial charge in [-0.05, 0) is 0 Å². The summed E-state index contributed by atoms with van der Waals surface area (Å²) in [6, 6.07) is 1.08. The van der Waals surface area contributed by atoms with Crippen molar-refractivity contribution in [3.05, 3.63) is 33.1 Å². The van der Waals surface area contributed by atoms with Crippen LogP contribution in [0.5, 0.6) is 0 Å². The second-order valence-electron chi connectivity index (χ2n) is 3.92. The number of nitrogens with one attached hydrogen (secondary N) is 1. The van der Waals surface area contributed by atoms with Crippen LogP contribution in [0.3, 0.4) is 0 Å². The van der Waals surface area contributed by atoms with Crippen LogP contribution in [0.25, 0.3) is 0 Å². The quantitative estimate of drug-likeness (QED) is 0.581. The number of ether oxygens (including phenoxy) is 1. The van der Waals surface area contributed by atoms with Crippen molar-refractivity contribution in [2.45, 2.75) is 24.1 Å². The molecule has 0 unspecified atom stereocenters. The molecule has 18 heavy (non-hydrogen) atoms. The van der Waals surface area contributed by atoms with E-state index in [9.17, 15) is 19.3 Å². The van der Waals surface area contributed by atoms with Gasteiger partial charge in [-0.15, -0.1) is 0 Å². The first-order valence-electron chi connectivity index (χ1n) is 5.16. The van der Waals surface area contributed by atoms with Gasteiger partial charge >= 0.3 is 5.69 Å². The highest BCUT2D eigenvalue weighted by Gasteiger charge is 2.49. The second-order valence-corrected chi connectivity index (χ2v) is 4.81. The van der Waals surface area contributed by atoms with Gasteiger partial charge in [0.15, 0.2) is 0 Å². The summed E-state index contributed by atoms with van der Waals surface area (Å²) in [4.78, 5) is 24.6. The number of hydrogen-bond acceptors (Lipinski definition) is 6. The fourth-order valence-corrected chi connectivity index (χ4v) is 2.57. The van der Waals surface area contributed by atoms with Gasteiger partial charge in [0.05, 0.1) is 12.7 Å². The predicted octanol–water partition coefficient (Wildman–Crippen LogP) is -1.42. The van der Waals surface area contributed by atoms with Crippen LogP contribution in [0.1, 0.15) is 6.42 Å². The number of aromatic nitrogens is 2. The van der Waals surface area contributed by atoms with Crippen molar-refractivity contribution >= 4 is 8.46 Å². The van der Waals surface area contributed by atoms with Crippen LogP contribution < -0.4 is 11.2 Å². The summed E-state index contributed by atoms with van der Waals surface area (Å²) in [5.41, 5.74) is -2.99. The average molecular weight is 274 g/mol. The Morgan fingerprint density at radius 1 is 1.61 bits per heavy atom. The zero-order valence-electron chi connectivity index (χ0n) is 9.15. The molecular formula is C9H11N2O6P. The van der Waals surface area contributed by atoms with Crippen molar-refractivity contribution in [3.8, 4) is 0 Å². The standard InChI is InChI=1S/C9H11N2O6P/c12-4-6-5(13)3-9(17-6,18-16)11-2-1-7(14)10-8(11)15/h1-2,5-6,12-13H,3-4H2,(H,10,14,15)/t5-,6+,9-/m0/s1. The van der Waals surface area contributed by atoms with Crippen molar-refractivity contribution in [2.75, 3.05) is 6.61 Å². The molecule has 1 saturated heterocycles. The number of rotatable bonds is 3. The van der Waals surface area contributed by atoms with Crippen LogP contribution in [0.4, 0.5) is 0 Å². The summed E-state index contributed by atoms with van der Waals surface area (Å²) in [6.07, 6.45) is -0.964. The molecule has 0 amide bonds. The first kappa shape index (κ1) is 13.1. The van der Waals surface area contributed by atoms with Crippen LogP contribution >= 0.6 is 8.46 Å². The van der Waals surface area contributed by atoms with Gasteiger partial charge in [0, 0.05) is 18.7 Å². The molecule has 9 heteroatoms. The first-order valence-corrected chi connectivity index (χ1v) is 5.97. The van der Waals surface area contributed by atoms with Gasteiger partial charge in [0.25, 0.3) is 5.56 Å². The summed E-state index contributed by atoms with van der Waals surface area (Å²) in [6.45, 7) is -0.462. The Hall–Kier alpha value is -1.34. The van der Waals surface area contributed by atoms with E-state index in [0.29, 0.717) is 0 Å². The summed E-state index contributed by atoms with van der Waals surface area (Å²) in [7, 11) is -0.551. The van der Waals surface area contributed by atoms with Crippen molar-refractivity contribution in [1.82, 2.24) is 9.55 Å². The Balaban J connectivity index is 2.49. The molecule has 0 bridgehead atoms. The maximum atomic E-state index is 11.6. The van der Waals surface area contributed by atoms with Crippen molar-refractivity contribution < 1.29 is 19.5 Å². The maximum Gasteiger partial charge on any atom is 0.331 e. The Bertz CT molecular complexity index is 569. The third-order valence-electron chi connectivity index (χ3n) is 2.77. The molecule has 0 aliphatic carbocycles. The number of nitrogens with zero attached hydrogens (tertiary/aromatic N) is 1. The highest BCUT2D eigenvalue weighted by molar-refractivity contribution is 7.24. The van der Waals surface area contributed by atoms with E-state index in [2.05, 4.69) is 0 Å². The van der Waals surface area contributed by atoms with Gasteiger partial charge in [-0.1, -0.05) is 0 Å². The largest absolute Gasteiger partial charge is 0.394 e. The van der Waals surface area contributed by atoms with E-state index in [1.807, 2.05) is 4.98 Å². The number of hydrogen-bond donors (Lipinski definition) is 3. The fourth-order valence-electron chi connectivity index (χ4n) is 1.88. The van der Waals surface area contributed by atoms with E-state index in [4.69, 9.17) is 9.84 Å². The van der Waals surface area contributed by atoms with Gasteiger partial charge in [-0.25, -0.2) is 4.79 Å². The molecule has 8 nitrogen and oxygen atoms in total. The van der Waals surface area contributed by atoms with Crippen LogP contribution in [0.2, 0.25) is 0 Å². The zero-order valence-corrected chi connectivity index (χ0v) is 10.0. The van der Waals surface area contributed by atoms with Crippen molar-refractivity contribution in [1.29, 1.82) is 0 Å². The van der Waals surface area contributed by atoms with Gasteiger partial charge in [0.2, 0.25) is 13.9 Å². The Kier molecular flexibility index (Phi) is 3.45. The molecule has 3 atom stereocenters. The molecule has 0 radical (unpaired) electrons. The first-order chi connectivity index (χ1) is 8.52. The molecule has 0 spiro atoms. The van der Waals surface area contributed by atoms with E-state index < -0.39 is 44.0 Å². The third kappa shape index (κ3) is 2.04. The average Bonchev–Trinajstić information content (AvgIpc) is 2.67. The molecule has 0 aromatic carbocycles. The van der Waals surface area contributed by atoms with Gasteiger partial charge in [-0.3, -0.25) is 18.9 Å². The molecule has 1 aliphatic heterocycles. The van der Waals surface area contributed by atoms with E-state index in [1.54, 1.807) is 0 Å². The number of aliphatic hydroxyl groups excluding tert-OH is 2. The molecule has 1 aromatic rings. The lowest BCUT2D eigenvalue weighted by Gasteiger charge is -2.23. The Labute approximate surface area is 102 Å². The molecule has 3 N–H and O–H groups in total. The lowest BCUT2D eigenvalue weighted by atomic mass is 10.2. The number of H-pyrrole nitrogens is 1. The van der Waals surface area contributed by atoms with Crippen LogP contribution in [-0.4, -0.2) is 38.6 Å². The molecule has 0 saturated carbocycles. The minimum Gasteiger partial charge on any atom is -0.394 e. The monoisotopic (exact) mass is 274 g/mol. The highest BCUT2D eigenvalue weighted by Crippen LogP contribution is 2.42. The van der Waals surface area contributed by atoms with Crippen molar-refractivity contribution in [2.24, 2.45) is 0 Å². The number of aromatic amines is 1. The highest BCUT2D eigenvalue weighted by atomic mass is 31.1. The smallest absolute Gasteiger partial charge is 0.331 e. The topological polar surface area (TPSA) is 122 Å². The van der Waals surface area contributed by atoms with E-state index >= 15 is 0 Å². The molecule has 1 fully saturated rings. The van der Waals surface area contributed by atoms with E-state index in [0.717, 1.165) is 16.8 Å². The van der Waals surface area contributed by atoms with Crippen LogP contribution in [-0.2, 0) is 14.8 Å². The van der Waals surface area contributed by atoms with Crippen molar-refractivity contribution in [3.63, 3.8) is 0 Å². The SMILES string of the molecule is O=P[C@]1(n2ccc(=O)[nH]c2=O)C[C@H](O)[C@@H](CO)O1. The van der Waals surface area contributed by atoms with Gasteiger partial charge in [0.1, 0.15) is 6.10 Å². The summed E-state index contributed by atoms with van der Waals surface area (Å²) in [5.74, 6) is 0. The second kappa shape index (κ2) is 4.74. The third-order valence-corrected chi connectivity index (χ3v) is 3.56. The maximum absolute atomic E-state index is 11.6. The number of aliphatic hydroxyl groups is 2. The minimum atomic E-state index is -1.60. The fraction of sp³-hybridized carbons (Fsp3) is 0.556. The molecule has 2 rings (SSSR count). The molecule has 98 valence electrons. The van der Waals surface area contributed by atoms with Crippen LogP contribution in [0.15, 0.2) is 21.9 Å². The predicted molar refractivity (Wildman–Crippen MR) is 59.5 cm³/mol. The minimum absolute atomic E-state index is 0.130. The molecule has 1 aliphatic rings. The summed E-state index contributed by atoms with van der Waals surface area (Å²) in [5, 5.41) is 18.6. The molecule has 1 aromatic heterocycles. The van der Waals surface area contributed by atoms with E-state index in [-0.39, 0.29) is 6.42 Å². The lowest BCUT2D eigenvalue weighted by Crippen LogP contribution is -2.40. The summed E-state index contributed by atoms with van der Waals surface area (Å²) < 4.78 is 17.5. The summed E-state index contributed by atoms with van der Waals surface area (Å²) >= 11 is 0.